The van der Waals surface area contributed by atoms with Crippen LogP contribution >= 0.6 is 7.14 Å². The van der Waals surface area contributed by atoms with E-state index >= 15 is 0 Å². The fourth-order valence-electron chi connectivity index (χ4n) is 4.47. The first kappa shape index (κ1) is 23.7. The molecule has 0 aliphatic carbocycles. The van der Waals surface area contributed by atoms with E-state index in [2.05, 4.69) is 0 Å². The number of ether oxygens (including phenoxy) is 1. The summed E-state index contributed by atoms with van der Waals surface area (Å²) in [6.45, 7) is 11.2. The molecule has 166 valence electrons. The molecule has 0 heterocycles. The lowest BCUT2D eigenvalue weighted by Crippen LogP contribution is -2.23. The van der Waals surface area contributed by atoms with Gasteiger partial charge in [0, 0.05) is 16.4 Å². The molecule has 0 spiro atoms. The summed E-state index contributed by atoms with van der Waals surface area (Å²) in [7, 11) is -2.67. The zero-order chi connectivity index (χ0) is 23.8. The Balaban J connectivity index is 2.31. The molecule has 3 rings (SSSR count). The van der Waals surface area contributed by atoms with Crippen LogP contribution < -0.4 is 10.0 Å². The van der Waals surface area contributed by atoms with Crippen molar-refractivity contribution in [3.05, 3.63) is 93.0 Å². The van der Waals surface area contributed by atoms with Crippen molar-refractivity contribution in [2.75, 3.05) is 7.11 Å². The standard InChI is InChI=1S/C27H29O4P/c1-16-12-18(3)24(19(4)13-16)26(28)32(30,23-10-8-22(31-7)9-11-23)27(29)25-20(5)14-17(2)15-21(25)6/h8-15H,1-7H3. The molecule has 0 fully saturated rings. The van der Waals surface area contributed by atoms with Gasteiger partial charge in [0.05, 0.1) is 7.11 Å². The van der Waals surface area contributed by atoms with Crippen LogP contribution in [0.3, 0.4) is 0 Å². The van der Waals surface area contributed by atoms with Gasteiger partial charge in [0.15, 0.2) is 0 Å². The van der Waals surface area contributed by atoms with Gasteiger partial charge in [-0.25, -0.2) is 0 Å². The van der Waals surface area contributed by atoms with Crippen LogP contribution in [0.15, 0.2) is 48.5 Å². The zero-order valence-corrected chi connectivity index (χ0v) is 20.6. The van der Waals surface area contributed by atoms with E-state index < -0.39 is 18.2 Å². The number of rotatable bonds is 6. The quantitative estimate of drug-likeness (QED) is 0.420. The average Bonchev–Trinajstić information content (AvgIpc) is 2.71. The van der Waals surface area contributed by atoms with Gasteiger partial charge in [-0.1, -0.05) is 35.4 Å². The van der Waals surface area contributed by atoms with Gasteiger partial charge in [0.1, 0.15) is 5.75 Å². The van der Waals surface area contributed by atoms with E-state index in [9.17, 15) is 14.2 Å². The summed E-state index contributed by atoms with van der Waals surface area (Å²) in [5.41, 5.74) is 4.33. The van der Waals surface area contributed by atoms with Crippen molar-refractivity contribution in [3.63, 3.8) is 0 Å². The van der Waals surface area contributed by atoms with E-state index in [1.54, 1.807) is 24.3 Å². The van der Waals surface area contributed by atoms with Crippen LogP contribution in [0, 0.1) is 41.5 Å². The van der Waals surface area contributed by atoms with Gasteiger partial charge in [0.2, 0.25) is 18.2 Å². The maximum atomic E-state index is 14.7. The van der Waals surface area contributed by atoms with Crippen LogP contribution in [0.2, 0.25) is 0 Å². The minimum absolute atomic E-state index is 0.215. The van der Waals surface area contributed by atoms with Crippen molar-refractivity contribution in [1.29, 1.82) is 0 Å². The van der Waals surface area contributed by atoms with E-state index in [1.165, 1.54) is 7.11 Å². The second-order valence-corrected chi connectivity index (χ2v) is 11.0. The molecule has 0 amide bonds. The Labute approximate surface area is 190 Å². The first-order valence-electron chi connectivity index (χ1n) is 10.5. The van der Waals surface area contributed by atoms with Crippen LogP contribution in [0.25, 0.3) is 0 Å². The third-order valence-corrected chi connectivity index (χ3v) is 8.41. The van der Waals surface area contributed by atoms with E-state index in [0.29, 0.717) is 39.1 Å². The number of hydrogen-bond acceptors (Lipinski definition) is 4. The van der Waals surface area contributed by atoms with Crippen molar-refractivity contribution in [2.45, 2.75) is 41.5 Å². The first-order valence-corrected chi connectivity index (χ1v) is 12.2. The number of benzene rings is 3. The molecular formula is C27H29O4P. The predicted octanol–water partition coefficient (Wildman–Crippen LogP) is 6.21. The van der Waals surface area contributed by atoms with Crippen LogP contribution in [0.5, 0.6) is 5.75 Å². The number of carbonyl (C=O) groups excluding carboxylic acids is 2. The Morgan fingerprint density at radius 2 is 1.00 bits per heavy atom. The summed E-state index contributed by atoms with van der Waals surface area (Å²) in [5.74, 6) is 0.561. The highest BCUT2D eigenvalue weighted by Gasteiger charge is 2.44. The Morgan fingerprint density at radius 1 is 0.656 bits per heavy atom. The maximum Gasteiger partial charge on any atom is 0.248 e. The van der Waals surface area contributed by atoms with Gasteiger partial charge in [0.25, 0.3) is 0 Å². The highest BCUT2D eigenvalue weighted by Crippen LogP contribution is 2.52. The number of hydrogen-bond donors (Lipinski definition) is 0. The lowest BCUT2D eigenvalue weighted by atomic mass is 10.0. The molecule has 0 aromatic heterocycles. The SMILES string of the molecule is COc1ccc(P(=O)(C(=O)c2c(C)cc(C)cc2C)C(=O)c2c(C)cc(C)cc2C)cc1. The monoisotopic (exact) mass is 448 g/mol. The fraction of sp³-hybridized carbons (Fsp3) is 0.259. The molecule has 0 aliphatic rings. The average molecular weight is 448 g/mol. The molecule has 0 radical (unpaired) electrons. The van der Waals surface area contributed by atoms with Gasteiger partial charge in [-0.2, -0.15) is 0 Å². The first-order chi connectivity index (χ1) is 15.0. The summed E-state index contributed by atoms with van der Waals surface area (Å²) in [6, 6.07) is 13.9. The highest BCUT2D eigenvalue weighted by molar-refractivity contribution is 8.01. The lowest BCUT2D eigenvalue weighted by molar-refractivity contribution is 0.104. The Kier molecular flexibility index (Phi) is 6.57. The summed E-state index contributed by atoms with van der Waals surface area (Å²) in [6.07, 6.45) is 0. The van der Waals surface area contributed by atoms with Crippen molar-refractivity contribution in [3.8, 4) is 5.75 Å². The third kappa shape index (κ3) is 4.08. The van der Waals surface area contributed by atoms with Crippen molar-refractivity contribution in [1.82, 2.24) is 0 Å². The smallest absolute Gasteiger partial charge is 0.248 e. The van der Waals surface area contributed by atoms with Crippen LogP contribution in [-0.2, 0) is 4.57 Å². The van der Waals surface area contributed by atoms with Crippen molar-refractivity contribution >= 4 is 23.5 Å². The second kappa shape index (κ2) is 8.88. The van der Waals surface area contributed by atoms with Gasteiger partial charge >= 0.3 is 0 Å². The van der Waals surface area contributed by atoms with Crippen molar-refractivity contribution < 1.29 is 18.9 Å². The normalized spacial score (nSPS) is 11.3. The molecule has 0 saturated carbocycles. The van der Waals surface area contributed by atoms with Gasteiger partial charge in [-0.3, -0.25) is 9.59 Å². The molecule has 32 heavy (non-hydrogen) atoms. The number of carbonyl (C=O) groups is 2. The largest absolute Gasteiger partial charge is 0.497 e. The molecule has 3 aromatic rings. The van der Waals surface area contributed by atoms with Gasteiger partial charge < -0.3 is 9.30 Å². The molecule has 5 heteroatoms. The summed E-state index contributed by atoms with van der Waals surface area (Å²) in [5, 5.41) is 0.215. The van der Waals surface area contributed by atoms with Crippen molar-refractivity contribution in [2.24, 2.45) is 0 Å². The molecule has 0 bridgehead atoms. The summed E-state index contributed by atoms with van der Waals surface area (Å²) >= 11 is 0. The van der Waals surface area contributed by atoms with Crippen LogP contribution in [0.4, 0.5) is 0 Å². The molecular weight excluding hydrogens is 419 g/mol. The Morgan fingerprint density at radius 3 is 1.31 bits per heavy atom. The molecule has 0 unspecified atom stereocenters. The molecule has 0 aliphatic heterocycles. The second-order valence-electron chi connectivity index (χ2n) is 8.47. The predicted molar refractivity (Wildman–Crippen MR) is 130 cm³/mol. The number of methoxy groups -OCH3 is 1. The van der Waals surface area contributed by atoms with Gasteiger partial charge in [-0.05, 0) is 88.1 Å². The van der Waals surface area contributed by atoms with E-state index in [0.717, 1.165) is 11.1 Å². The van der Waals surface area contributed by atoms with Crippen LogP contribution in [0.1, 0.15) is 54.1 Å². The van der Waals surface area contributed by atoms with Crippen LogP contribution in [-0.4, -0.2) is 18.2 Å². The molecule has 0 N–H and O–H groups in total. The van der Waals surface area contributed by atoms with E-state index in [-0.39, 0.29) is 5.30 Å². The Bertz CT molecular complexity index is 1150. The molecule has 4 nitrogen and oxygen atoms in total. The molecule has 3 aromatic carbocycles. The third-order valence-electron chi connectivity index (χ3n) is 5.79. The van der Waals surface area contributed by atoms with E-state index in [4.69, 9.17) is 4.74 Å². The molecule has 0 saturated heterocycles. The maximum absolute atomic E-state index is 14.7. The Hall–Kier alpha value is -2.97. The number of aryl methyl sites for hydroxylation is 6. The zero-order valence-electron chi connectivity index (χ0n) is 19.7. The van der Waals surface area contributed by atoms with Gasteiger partial charge in [-0.15, -0.1) is 0 Å². The minimum atomic E-state index is -4.20. The topological polar surface area (TPSA) is 60.4 Å². The lowest BCUT2D eigenvalue weighted by Gasteiger charge is -2.21. The summed E-state index contributed by atoms with van der Waals surface area (Å²) in [4.78, 5) is 27.9. The highest BCUT2D eigenvalue weighted by atomic mass is 31.2. The van der Waals surface area contributed by atoms with E-state index in [1.807, 2.05) is 65.8 Å². The minimum Gasteiger partial charge on any atom is -0.497 e. The summed E-state index contributed by atoms with van der Waals surface area (Å²) < 4.78 is 19.9. The molecule has 0 atom stereocenters. The fourth-order valence-corrected chi connectivity index (χ4v) is 7.03.